The molecule has 0 aliphatic heterocycles. The lowest BCUT2D eigenvalue weighted by Crippen LogP contribution is -2.32. The predicted octanol–water partition coefficient (Wildman–Crippen LogP) is 3.32. The standard InChI is InChI=1S/C17H16F3NO4/c1-3-25-16(23)15(17(18,19)20)21-13(10-7-11-14(22)24-2)12-8-5-4-6-9-12/h4-11H,3H2,1-2H3/b11-7-,13-10+,21-15?. The molecule has 0 amide bonds. The van der Waals surface area contributed by atoms with Crippen molar-refractivity contribution in [3.63, 3.8) is 0 Å². The Hall–Kier alpha value is -2.90. The topological polar surface area (TPSA) is 65.0 Å². The zero-order valence-corrected chi connectivity index (χ0v) is 13.5. The summed E-state index contributed by atoms with van der Waals surface area (Å²) in [5.41, 5.74) is -1.53. The number of benzene rings is 1. The molecule has 0 spiro atoms. The zero-order valence-electron chi connectivity index (χ0n) is 13.5. The van der Waals surface area contributed by atoms with E-state index in [1.807, 2.05) is 0 Å². The number of halogens is 3. The molecule has 1 aromatic carbocycles. The molecule has 0 aliphatic rings. The Kier molecular flexibility index (Phi) is 7.58. The molecule has 0 radical (unpaired) electrons. The van der Waals surface area contributed by atoms with Crippen LogP contribution < -0.4 is 0 Å². The van der Waals surface area contributed by atoms with Gasteiger partial charge in [0.15, 0.2) is 0 Å². The predicted molar refractivity (Wildman–Crippen MR) is 85.7 cm³/mol. The highest BCUT2D eigenvalue weighted by molar-refractivity contribution is 6.39. The quantitative estimate of drug-likeness (QED) is 0.340. The Bertz CT molecular complexity index is 692. The van der Waals surface area contributed by atoms with Gasteiger partial charge in [0.2, 0.25) is 5.71 Å². The van der Waals surface area contributed by atoms with Crippen LogP contribution in [0.4, 0.5) is 13.2 Å². The summed E-state index contributed by atoms with van der Waals surface area (Å²) < 4.78 is 48.2. The fraction of sp³-hybridized carbons (Fsp3) is 0.235. The van der Waals surface area contributed by atoms with Crippen molar-refractivity contribution < 1.29 is 32.2 Å². The number of carbonyl (C=O) groups excluding carboxylic acids is 2. The molecule has 1 aromatic rings. The van der Waals surface area contributed by atoms with Crippen LogP contribution in [0, 0.1) is 0 Å². The van der Waals surface area contributed by atoms with Crippen LogP contribution in [0.2, 0.25) is 0 Å². The molecule has 0 bridgehead atoms. The van der Waals surface area contributed by atoms with Crippen molar-refractivity contribution in [3.8, 4) is 0 Å². The lowest BCUT2D eigenvalue weighted by molar-refractivity contribution is -0.139. The molecule has 0 saturated carbocycles. The molecule has 0 aliphatic carbocycles. The van der Waals surface area contributed by atoms with Gasteiger partial charge in [0.25, 0.3) is 0 Å². The van der Waals surface area contributed by atoms with Gasteiger partial charge in [-0.1, -0.05) is 36.4 Å². The molecule has 0 unspecified atom stereocenters. The van der Waals surface area contributed by atoms with Crippen LogP contribution >= 0.6 is 0 Å². The monoisotopic (exact) mass is 355 g/mol. The summed E-state index contributed by atoms with van der Waals surface area (Å²) in [5.74, 6) is -2.26. The van der Waals surface area contributed by atoms with Crippen molar-refractivity contribution in [3.05, 3.63) is 54.1 Å². The molecular weight excluding hydrogens is 339 g/mol. The summed E-state index contributed by atoms with van der Waals surface area (Å²) in [6.07, 6.45) is -1.64. The van der Waals surface area contributed by atoms with Crippen LogP contribution in [0.3, 0.4) is 0 Å². The second-order valence-electron chi connectivity index (χ2n) is 4.48. The van der Waals surface area contributed by atoms with Crippen molar-refractivity contribution in [1.82, 2.24) is 0 Å². The number of alkyl halides is 3. The fourth-order valence-corrected chi connectivity index (χ4v) is 1.64. The van der Waals surface area contributed by atoms with Gasteiger partial charge in [0.1, 0.15) is 0 Å². The number of allylic oxidation sites excluding steroid dienone is 2. The van der Waals surface area contributed by atoms with Crippen LogP contribution in [0.1, 0.15) is 12.5 Å². The minimum Gasteiger partial charge on any atom is -0.466 e. The molecule has 5 nitrogen and oxygen atoms in total. The molecule has 0 N–H and O–H groups in total. The first-order chi connectivity index (χ1) is 11.8. The van der Waals surface area contributed by atoms with E-state index < -0.39 is 23.8 Å². The van der Waals surface area contributed by atoms with E-state index in [1.54, 1.807) is 18.2 Å². The van der Waals surface area contributed by atoms with Gasteiger partial charge in [-0.3, -0.25) is 0 Å². The molecule has 0 heterocycles. The van der Waals surface area contributed by atoms with Crippen LogP contribution in [0.25, 0.3) is 5.70 Å². The van der Waals surface area contributed by atoms with Crippen LogP contribution in [0.5, 0.6) is 0 Å². The van der Waals surface area contributed by atoms with E-state index >= 15 is 0 Å². The number of esters is 2. The Balaban J connectivity index is 3.38. The Morgan fingerprint density at radius 2 is 1.84 bits per heavy atom. The first-order valence-electron chi connectivity index (χ1n) is 7.14. The summed E-state index contributed by atoms with van der Waals surface area (Å²) >= 11 is 0. The van der Waals surface area contributed by atoms with Crippen molar-refractivity contribution in [2.24, 2.45) is 4.99 Å². The number of nitrogens with zero attached hydrogens (tertiary/aromatic N) is 1. The first-order valence-corrected chi connectivity index (χ1v) is 7.14. The maximum atomic E-state index is 13.1. The second kappa shape index (κ2) is 9.41. The molecule has 1 rings (SSSR count). The summed E-state index contributed by atoms with van der Waals surface area (Å²) in [5, 5.41) is 0. The number of methoxy groups -OCH3 is 1. The fourth-order valence-electron chi connectivity index (χ4n) is 1.64. The van der Waals surface area contributed by atoms with Crippen LogP contribution in [-0.4, -0.2) is 37.5 Å². The molecule has 8 heteroatoms. The van der Waals surface area contributed by atoms with Crippen LogP contribution in [0.15, 0.2) is 53.6 Å². The van der Waals surface area contributed by atoms with Crippen molar-refractivity contribution in [2.45, 2.75) is 13.1 Å². The minimum atomic E-state index is -4.99. The van der Waals surface area contributed by atoms with Crippen molar-refractivity contribution in [2.75, 3.05) is 13.7 Å². The first kappa shape index (κ1) is 20.1. The molecule has 0 atom stereocenters. The summed E-state index contributed by atoms with van der Waals surface area (Å²) in [7, 11) is 1.16. The lowest BCUT2D eigenvalue weighted by atomic mass is 10.1. The highest BCUT2D eigenvalue weighted by atomic mass is 19.4. The highest BCUT2D eigenvalue weighted by Gasteiger charge is 2.42. The average molecular weight is 355 g/mol. The van der Waals surface area contributed by atoms with Gasteiger partial charge >= 0.3 is 18.1 Å². The van der Waals surface area contributed by atoms with E-state index in [0.29, 0.717) is 5.56 Å². The van der Waals surface area contributed by atoms with Gasteiger partial charge < -0.3 is 9.47 Å². The van der Waals surface area contributed by atoms with Gasteiger partial charge in [-0.05, 0) is 13.0 Å². The van der Waals surface area contributed by atoms with Gasteiger partial charge in [0, 0.05) is 11.6 Å². The maximum absolute atomic E-state index is 13.1. The molecule has 0 aromatic heterocycles. The minimum absolute atomic E-state index is 0.166. The van der Waals surface area contributed by atoms with Gasteiger partial charge in [0.05, 0.1) is 19.4 Å². The van der Waals surface area contributed by atoms with E-state index in [9.17, 15) is 22.8 Å². The maximum Gasteiger partial charge on any atom is 0.440 e. The summed E-state index contributed by atoms with van der Waals surface area (Å²) in [6, 6.07) is 7.90. The van der Waals surface area contributed by atoms with Gasteiger partial charge in [-0.2, -0.15) is 13.2 Å². The van der Waals surface area contributed by atoms with E-state index in [0.717, 1.165) is 19.3 Å². The largest absolute Gasteiger partial charge is 0.466 e. The molecule has 134 valence electrons. The van der Waals surface area contributed by atoms with E-state index in [2.05, 4.69) is 14.5 Å². The molecule has 0 saturated heterocycles. The number of ether oxygens (including phenoxy) is 2. The third-order valence-electron chi connectivity index (χ3n) is 2.73. The number of aliphatic imine (C=N–C) groups is 1. The second-order valence-corrected chi connectivity index (χ2v) is 4.48. The highest BCUT2D eigenvalue weighted by Crippen LogP contribution is 2.23. The van der Waals surface area contributed by atoms with Crippen molar-refractivity contribution in [1.29, 1.82) is 0 Å². The van der Waals surface area contributed by atoms with Gasteiger partial charge in [-0.25, -0.2) is 14.6 Å². The normalized spacial score (nSPS) is 13.0. The zero-order chi connectivity index (χ0) is 18.9. The third kappa shape index (κ3) is 6.62. The number of carbonyl (C=O) groups is 2. The third-order valence-corrected chi connectivity index (χ3v) is 2.73. The van der Waals surface area contributed by atoms with Crippen molar-refractivity contribution >= 4 is 23.3 Å². The van der Waals surface area contributed by atoms with E-state index in [4.69, 9.17) is 0 Å². The average Bonchev–Trinajstić information content (AvgIpc) is 2.57. The number of hydrogen-bond donors (Lipinski definition) is 0. The molecular formula is C17H16F3NO4. The van der Waals surface area contributed by atoms with Crippen LogP contribution in [-0.2, 0) is 19.1 Å². The molecule has 0 fully saturated rings. The SMILES string of the molecule is CCOC(=O)C(=N/C(=C/C=C\C(=O)OC)c1ccccc1)C(F)(F)F. The smallest absolute Gasteiger partial charge is 0.440 e. The van der Waals surface area contributed by atoms with E-state index in [1.165, 1.54) is 25.1 Å². The summed E-state index contributed by atoms with van der Waals surface area (Å²) in [6.45, 7) is 1.17. The Labute approximate surface area is 142 Å². The van der Waals surface area contributed by atoms with Gasteiger partial charge in [-0.15, -0.1) is 0 Å². The lowest BCUT2D eigenvalue weighted by Gasteiger charge is -2.11. The molecule has 25 heavy (non-hydrogen) atoms. The van der Waals surface area contributed by atoms with E-state index in [-0.39, 0.29) is 12.3 Å². The Morgan fingerprint density at radius 1 is 1.20 bits per heavy atom. The number of rotatable bonds is 6. The number of hydrogen-bond acceptors (Lipinski definition) is 5. The Morgan fingerprint density at radius 3 is 2.36 bits per heavy atom. The summed E-state index contributed by atoms with van der Waals surface area (Å²) in [4.78, 5) is 26.1.